The van der Waals surface area contributed by atoms with Crippen LogP contribution in [0.25, 0.3) is 0 Å². The molecule has 1 heterocycles. The topological polar surface area (TPSA) is 33.0 Å². The first kappa shape index (κ1) is 8.07. The van der Waals surface area contributed by atoms with Crippen molar-refractivity contribution in [3.8, 4) is 6.07 Å². The molecule has 2 rings (SSSR count). The Labute approximate surface area is 73.5 Å². The van der Waals surface area contributed by atoms with E-state index in [1.807, 2.05) is 0 Å². The molecule has 0 aromatic rings. The third-order valence-electron chi connectivity index (χ3n) is 3.55. The van der Waals surface area contributed by atoms with Crippen LogP contribution in [0.3, 0.4) is 0 Å². The minimum atomic E-state index is -0.00405. The van der Waals surface area contributed by atoms with Crippen molar-refractivity contribution >= 4 is 0 Å². The van der Waals surface area contributed by atoms with Crippen molar-refractivity contribution in [2.45, 2.75) is 38.7 Å². The summed E-state index contributed by atoms with van der Waals surface area (Å²) in [5.74, 6) is 0.510. The maximum absolute atomic E-state index is 9.11. The van der Waals surface area contributed by atoms with Gasteiger partial charge in [-0.25, -0.2) is 0 Å². The van der Waals surface area contributed by atoms with Crippen LogP contribution in [0.4, 0.5) is 0 Å². The molecular weight excluding hydrogens is 150 g/mol. The Morgan fingerprint density at radius 3 is 2.58 bits per heavy atom. The minimum absolute atomic E-state index is 0.00405. The van der Waals surface area contributed by atoms with E-state index < -0.39 is 0 Å². The van der Waals surface area contributed by atoms with Gasteiger partial charge in [0.1, 0.15) is 0 Å². The summed E-state index contributed by atoms with van der Waals surface area (Å²) in [5.41, 5.74) is -0.00405. The Morgan fingerprint density at radius 1 is 1.50 bits per heavy atom. The molecule has 0 radical (unpaired) electrons. The smallest absolute Gasteiger partial charge is 0.0693 e. The number of nitriles is 1. The highest BCUT2D eigenvalue weighted by Gasteiger charge is 2.48. The number of ether oxygens (including phenoxy) is 1. The zero-order valence-corrected chi connectivity index (χ0v) is 7.55. The Morgan fingerprint density at radius 2 is 2.25 bits per heavy atom. The second kappa shape index (κ2) is 2.74. The summed E-state index contributed by atoms with van der Waals surface area (Å²) in [7, 11) is 0. The van der Waals surface area contributed by atoms with E-state index in [0.29, 0.717) is 12.0 Å². The van der Waals surface area contributed by atoms with Crippen molar-refractivity contribution in [1.29, 1.82) is 5.26 Å². The molecule has 0 spiro atoms. The second-order valence-corrected chi connectivity index (χ2v) is 4.09. The molecule has 0 aromatic heterocycles. The summed E-state index contributed by atoms with van der Waals surface area (Å²) in [4.78, 5) is 0. The molecule has 2 aliphatic rings. The van der Waals surface area contributed by atoms with Crippen molar-refractivity contribution in [2.75, 3.05) is 6.61 Å². The molecular formula is C10H15NO. The first-order valence-electron chi connectivity index (χ1n) is 4.81. The molecule has 2 unspecified atom stereocenters. The highest BCUT2D eigenvalue weighted by Crippen LogP contribution is 2.51. The summed E-state index contributed by atoms with van der Waals surface area (Å²) in [6.45, 7) is 2.96. The van der Waals surface area contributed by atoms with Crippen LogP contribution < -0.4 is 0 Å². The van der Waals surface area contributed by atoms with Crippen molar-refractivity contribution < 1.29 is 4.74 Å². The number of nitrogens with zero attached hydrogens (tertiary/aromatic N) is 1. The molecule has 1 saturated carbocycles. The summed E-state index contributed by atoms with van der Waals surface area (Å²) in [5, 5.41) is 9.11. The average molecular weight is 165 g/mol. The highest BCUT2D eigenvalue weighted by atomic mass is 16.5. The standard InChI is InChI=1S/C10H15NO/c1-8-9(3-6-12-8)10(7-11)4-2-5-10/h8-9H,2-6H2,1H3. The van der Waals surface area contributed by atoms with Crippen LogP contribution in [0.5, 0.6) is 0 Å². The molecule has 1 saturated heterocycles. The Hall–Kier alpha value is -0.550. The molecule has 66 valence electrons. The van der Waals surface area contributed by atoms with Crippen molar-refractivity contribution in [1.82, 2.24) is 0 Å². The lowest BCUT2D eigenvalue weighted by Crippen LogP contribution is -2.39. The Kier molecular flexibility index (Phi) is 1.84. The third-order valence-corrected chi connectivity index (χ3v) is 3.55. The van der Waals surface area contributed by atoms with Crippen LogP contribution in [0, 0.1) is 22.7 Å². The van der Waals surface area contributed by atoms with Crippen LogP contribution in [-0.4, -0.2) is 12.7 Å². The van der Waals surface area contributed by atoms with Crippen molar-refractivity contribution in [2.24, 2.45) is 11.3 Å². The molecule has 2 heteroatoms. The first-order valence-corrected chi connectivity index (χ1v) is 4.81. The van der Waals surface area contributed by atoms with E-state index in [9.17, 15) is 0 Å². The molecule has 12 heavy (non-hydrogen) atoms. The molecule has 0 bridgehead atoms. The van der Waals surface area contributed by atoms with Gasteiger partial charge in [-0.05, 0) is 26.2 Å². The van der Waals surface area contributed by atoms with Gasteiger partial charge in [0.15, 0.2) is 0 Å². The van der Waals surface area contributed by atoms with Gasteiger partial charge in [0.2, 0.25) is 0 Å². The average Bonchev–Trinajstić information content (AvgIpc) is 2.36. The maximum Gasteiger partial charge on any atom is 0.0693 e. The minimum Gasteiger partial charge on any atom is -0.378 e. The quantitative estimate of drug-likeness (QED) is 0.596. The van der Waals surface area contributed by atoms with Gasteiger partial charge in [-0.15, -0.1) is 0 Å². The van der Waals surface area contributed by atoms with Gasteiger partial charge in [-0.2, -0.15) is 5.26 Å². The Balaban J connectivity index is 2.12. The highest BCUT2D eigenvalue weighted by molar-refractivity contribution is 5.10. The van der Waals surface area contributed by atoms with E-state index in [-0.39, 0.29) is 5.41 Å². The lowest BCUT2D eigenvalue weighted by molar-refractivity contribution is 0.0388. The number of hydrogen-bond donors (Lipinski definition) is 0. The molecule has 2 atom stereocenters. The van der Waals surface area contributed by atoms with Crippen LogP contribution in [0.15, 0.2) is 0 Å². The molecule has 1 aliphatic heterocycles. The maximum atomic E-state index is 9.11. The van der Waals surface area contributed by atoms with Gasteiger partial charge in [0.25, 0.3) is 0 Å². The normalized spacial score (nSPS) is 38.7. The molecule has 2 fully saturated rings. The molecule has 0 N–H and O–H groups in total. The van der Waals surface area contributed by atoms with E-state index in [1.165, 1.54) is 6.42 Å². The van der Waals surface area contributed by atoms with Crippen LogP contribution in [-0.2, 0) is 4.74 Å². The molecule has 1 aliphatic carbocycles. The summed E-state index contributed by atoms with van der Waals surface area (Å²) < 4.78 is 5.50. The van der Waals surface area contributed by atoms with Crippen LogP contribution >= 0.6 is 0 Å². The van der Waals surface area contributed by atoms with E-state index >= 15 is 0 Å². The number of hydrogen-bond acceptors (Lipinski definition) is 2. The molecule has 0 aromatic carbocycles. The first-order chi connectivity index (χ1) is 5.78. The third kappa shape index (κ3) is 0.964. The fourth-order valence-corrected chi connectivity index (χ4v) is 2.58. The van der Waals surface area contributed by atoms with E-state index in [4.69, 9.17) is 10.00 Å². The fourth-order valence-electron chi connectivity index (χ4n) is 2.58. The molecule has 0 amide bonds. The summed E-state index contributed by atoms with van der Waals surface area (Å²) in [6, 6.07) is 2.51. The summed E-state index contributed by atoms with van der Waals surface area (Å²) in [6.07, 6.45) is 4.83. The van der Waals surface area contributed by atoms with Gasteiger partial charge < -0.3 is 4.74 Å². The van der Waals surface area contributed by atoms with E-state index in [0.717, 1.165) is 25.9 Å². The molecule has 2 nitrogen and oxygen atoms in total. The predicted octanol–water partition coefficient (Wildman–Crippen LogP) is 2.11. The van der Waals surface area contributed by atoms with Gasteiger partial charge in [-0.3, -0.25) is 0 Å². The zero-order chi connectivity index (χ0) is 8.60. The predicted molar refractivity (Wildman–Crippen MR) is 45.4 cm³/mol. The van der Waals surface area contributed by atoms with E-state index in [1.54, 1.807) is 0 Å². The Bertz CT molecular complexity index is 214. The van der Waals surface area contributed by atoms with Crippen molar-refractivity contribution in [3.63, 3.8) is 0 Å². The van der Waals surface area contributed by atoms with Crippen molar-refractivity contribution in [3.05, 3.63) is 0 Å². The van der Waals surface area contributed by atoms with Gasteiger partial charge in [0, 0.05) is 12.5 Å². The van der Waals surface area contributed by atoms with Gasteiger partial charge in [-0.1, -0.05) is 6.42 Å². The van der Waals surface area contributed by atoms with Gasteiger partial charge in [0.05, 0.1) is 17.6 Å². The van der Waals surface area contributed by atoms with E-state index in [2.05, 4.69) is 13.0 Å². The van der Waals surface area contributed by atoms with Gasteiger partial charge >= 0.3 is 0 Å². The zero-order valence-electron chi connectivity index (χ0n) is 7.55. The lowest BCUT2D eigenvalue weighted by Gasteiger charge is -2.41. The SMILES string of the molecule is CC1OCCC1C1(C#N)CCC1. The summed E-state index contributed by atoms with van der Waals surface area (Å²) >= 11 is 0. The fraction of sp³-hybridized carbons (Fsp3) is 0.900. The lowest BCUT2D eigenvalue weighted by atomic mass is 9.60. The second-order valence-electron chi connectivity index (χ2n) is 4.09. The van der Waals surface area contributed by atoms with Crippen LogP contribution in [0.1, 0.15) is 32.6 Å². The van der Waals surface area contributed by atoms with Crippen LogP contribution in [0.2, 0.25) is 0 Å². The number of rotatable bonds is 1. The largest absolute Gasteiger partial charge is 0.378 e. The monoisotopic (exact) mass is 165 g/mol.